The van der Waals surface area contributed by atoms with Crippen LogP contribution < -0.4 is 10.3 Å². The average molecular weight is 492 g/mol. The number of nitrogens with zero attached hydrogens (tertiary/aromatic N) is 1. The molecule has 1 saturated heterocycles. The summed E-state index contributed by atoms with van der Waals surface area (Å²) in [5.74, 6) is -3.50. The highest BCUT2D eigenvalue weighted by molar-refractivity contribution is 7.89. The maximum absolute atomic E-state index is 13.5. The lowest BCUT2D eigenvalue weighted by molar-refractivity contribution is -0.124. The summed E-state index contributed by atoms with van der Waals surface area (Å²) in [6.07, 6.45) is -0.00981. The van der Waals surface area contributed by atoms with Gasteiger partial charge in [-0.25, -0.2) is 25.6 Å². The highest BCUT2D eigenvalue weighted by Gasteiger charge is 2.43. The third-order valence-corrected chi connectivity index (χ3v) is 8.18. The van der Waals surface area contributed by atoms with Crippen molar-refractivity contribution in [3.8, 4) is 0 Å². The number of hydrogen-bond donors (Lipinski definition) is 3. The number of thiol groups is 1. The number of amides is 1. The highest BCUT2D eigenvalue weighted by atomic mass is 32.2. The zero-order valence-corrected chi connectivity index (χ0v) is 18.6. The third-order valence-electron chi connectivity index (χ3n) is 4.67. The van der Waals surface area contributed by atoms with Gasteiger partial charge in [-0.15, -0.1) is 4.83 Å². The van der Waals surface area contributed by atoms with E-state index in [-0.39, 0.29) is 17.9 Å². The van der Waals surface area contributed by atoms with Crippen LogP contribution in [0.1, 0.15) is 12.0 Å². The largest absolute Gasteiger partial charge is 0.276 e. The Balaban J connectivity index is 1.79. The normalized spacial score (nSPS) is 20.0. The van der Waals surface area contributed by atoms with Crippen LogP contribution in [-0.2, 0) is 24.8 Å². The summed E-state index contributed by atoms with van der Waals surface area (Å²) < 4.78 is 78.0. The second kappa shape index (κ2) is 8.82. The summed E-state index contributed by atoms with van der Waals surface area (Å²) in [6.45, 7) is 1.61. The van der Waals surface area contributed by atoms with Gasteiger partial charge in [-0.1, -0.05) is 17.7 Å². The van der Waals surface area contributed by atoms with Gasteiger partial charge in [0, 0.05) is 11.8 Å². The van der Waals surface area contributed by atoms with Crippen molar-refractivity contribution in [1.29, 1.82) is 0 Å². The fourth-order valence-corrected chi connectivity index (χ4v) is 6.03. The molecule has 1 aliphatic heterocycles. The molecule has 2 N–H and O–H groups in total. The van der Waals surface area contributed by atoms with E-state index in [1.807, 2.05) is 10.3 Å². The lowest BCUT2D eigenvalue weighted by atomic mass is 10.2. The van der Waals surface area contributed by atoms with Crippen LogP contribution in [0.25, 0.3) is 0 Å². The molecule has 0 saturated carbocycles. The molecule has 31 heavy (non-hydrogen) atoms. The smallest absolute Gasteiger partial charge is 0.257 e. The Kier molecular flexibility index (Phi) is 6.72. The van der Waals surface area contributed by atoms with Crippen molar-refractivity contribution < 1.29 is 30.4 Å². The number of hydrogen-bond acceptors (Lipinski definition) is 6. The minimum atomic E-state index is -4.38. The Bertz CT molecular complexity index is 1200. The van der Waals surface area contributed by atoms with Crippen LogP contribution in [0.3, 0.4) is 0 Å². The number of nitrogens with one attached hydrogen (secondary N) is 2. The van der Waals surface area contributed by atoms with Gasteiger partial charge in [0.25, 0.3) is 15.9 Å². The van der Waals surface area contributed by atoms with E-state index in [0.29, 0.717) is 12.1 Å². The molecule has 2 aromatic carbocycles. The van der Waals surface area contributed by atoms with E-state index in [9.17, 15) is 30.4 Å². The van der Waals surface area contributed by atoms with Crippen molar-refractivity contribution in [2.24, 2.45) is 0 Å². The molecule has 0 radical (unpaired) electrons. The van der Waals surface area contributed by atoms with Crippen molar-refractivity contribution in [3.63, 3.8) is 0 Å². The van der Waals surface area contributed by atoms with Gasteiger partial charge >= 0.3 is 0 Å². The third kappa shape index (κ3) is 5.06. The summed E-state index contributed by atoms with van der Waals surface area (Å²) in [5.41, 5.74) is 2.86. The quantitative estimate of drug-likeness (QED) is 0.417. The van der Waals surface area contributed by atoms with E-state index in [2.05, 4.69) is 12.6 Å². The molecule has 0 aliphatic carbocycles. The Hall–Kier alpha value is -2.06. The van der Waals surface area contributed by atoms with Crippen LogP contribution in [-0.4, -0.2) is 44.9 Å². The minimum Gasteiger partial charge on any atom is -0.276 e. The van der Waals surface area contributed by atoms with Gasteiger partial charge in [0.1, 0.15) is 6.04 Å². The first kappa shape index (κ1) is 23.6. The molecule has 0 spiro atoms. The first-order valence-electron chi connectivity index (χ1n) is 8.95. The van der Waals surface area contributed by atoms with Gasteiger partial charge in [0.2, 0.25) is 10.0 Å². The summed E-state index contributed by atoms with van der Waals surface area (Å²) in [5, 5.41) is -0.524. The SMILES string of the molecule is Cc1ccc(S(=O)(=O)NNC(=O)[C@@H]2C[C@@H](S)CN2S(=O)(=O)c2ccc(F)c(F)c2)cc1. The van der Waals surface area contributed by atoms with Gasteiger partial charge in [-0.3, -0.25) is 10.2 Å². The molecule has 0 unspecified atom stereocenters. The van der Waals surface area contributed by atoms with Crippen molar-refractivity contribution in [3.05, 3.63) is 59.7 Å². The molecule has 168 valence electrons. The van der Waals surface area contributed by atoms with Crippen molar-refractivity contribution in [2.75, 3.05) is 6.54 Å². The molecule has 8 nitrogen and oxygen atoms in total. The lowest BCUT2D eigenvalue weighted by Gasteiger charge is -2.23. The topological polar surface area (TPSA) is 113 Å². The monoisotopic (exact) mass is 491 g/mol. The van der Waals surface area contributed by atoms with Gasteiger partial charge in [-0.2, -0.15) is 16.9 Å². The van der Waals surface area contributed by atoms with Gasteiger partial charge in [0.05, 0.1) is 9.79 Å². The summed E-state index contributed by atoms with van der Waals surface area (Å²) >= 11 is 4.22. The maximum atomic E-state index is 13.5. The maximum Gasteiger partial charge on any atom is 0.257 e. The molecule has 1 fully saturated rings. The molecule has 3 rings (SSSR count). The molecule has 1 amide bonds. The molecule has 2 atom stereocenters. The zero-order valence-electron chi connectivity index (χ0n) is 16.1. The summed E-state index contributed by atoms with van der Waals surface area (Å²) in [7, 11) is -8.47. The van der Waals surface area contributed by atoms with Gasteiger partial charge in [0.15, 0.2) is 11.6 Å². The summed E-state index contributed by atoms with van der Waals surface area (Å²) in [6, 6.07) is 6.62. The standard InChI is InChI=1S/C18H19F2N3O5S3/c1-11-2-4-13(5-3-11)30(25,26)22-21-18(24)17-8-12(29)10-23(17)31(27,28)14-6-7-15(19)16(20)9-14/h2-7,9,12,17,22,29H,8,10H2,1H3,(H,21,24)/t12-,17+/m1/s1. The van der Waals surface area contributed by atoms with Crippen LogP contribution in [0.2, 0.25) is 0 Å². The molecular formula is C18H19F2N3O5S3. The van der Waals surface area contributed by atoms with Crippen LogP contribution in [0.4, 0.5) is 8.78 Å². The van der Waals surface area contributed by atoms with Crippen LogP contribution in [0.15, 0.2) is 52.3 Å². The van der Waals surface area contributed by atoms with Crippen LogP contribution >= 0.6 is 12.6 Å². The van der Waals surface area contributed by atoms with Crippen LogP contribution in [0.5, 0.6) is 0 Å². The Morgan fingerprint density at radius 3 is 2.26 bits per heavy atom. The fraction of sp³-hybridized carbons (Fsp3) is 0.278. The van der Waals surface area contributed by atoms with Crippen molar-refractivity contribution in [1.82, 2.24) is 14.6 Å². The molecule has 13 heteroatoms. The second-order valence-electron chi connectivity index (χ2n) is 6.96. The minimum absolute atomic E-state index is 0.00981. The molecule has 1 aliphatic rings. The number of hydrazine groups is 1. The Morgan fingerprint density at radius 2 is 1.65 bits per heavy atom. The molecule has 0 aromatic heterocycles. The number of rotatable bonds is 6. The van der Waals surface area contributed by atoms with E-state index in [4.69, 9.17) is 0 Å². The first-order valence-corrected chi connectivity index (χ1v) is 12.4. The number of carbonyl (C=O) groups excluding carboxylic acids is 1. The van der Waals surface area contributed by atoms with E-state index >= 15 is 0 Å². The van der Waals surface area contributed by atoms with Gasteiger partial charge in [-0.05, 0) is 43.7 Å². The second-order valence-corrected chi connectivity index (χ2v) is 11.3. The molecule has 0 bridgehead atoms. The lowest BCUT2D eigenvalue weighted by Crippen LogP contribution is -2.51. The molecular weight excluding hydrogens is 472 g/mol. The van der Waals surface area contributed by atoms with E-state index in [1.165, 1.54) is 12.1 Å². The fourth-order valence-electron chi connectivity index (χ4n) is 3.04. The Morgan fingerprint density at radius 1 is 1.03 bits per heavy atom. The highest BCUT2D eigenvalue weighted by Crippen LogP contribution is 2.29. The number of aryl methyl sites for hydroxylation is 1. The zero-order chi connectivity index (χ0) is 23.0. The summed E-state index contributed by atoms with van der Waals surface area (Å²) in [4.78, 5) is 13.9. The number of halogens is 2. The molecule has 2 aromatic rings. The van der Waals surface area contributed by atoms with E-state index in [0.717, 1.165) is 15.9 Å². The van der Waals surface area contributed by atoms with Crippen molar-refractivity contribution in [2.45, 2.75) is 34.4 Å². The Labute approximate surface area is 184 Å². The van der Waals surface area contributed by atoms with Crippen molar-refractivity contribution >= 4 is 38.6 Å². The number of sulfonamides is 2. The predicted molar refractivity (Wildman–Crippen MR) is 111 cm³/mol. The molecule has 1 heterocycles. The van der Waals surface area contributed by atoms with Gasteiger partial charge < -0.3 is 0 Å². The number of benzene rings is 2. The predicted octanol–water partition coefficient (Wildman–Crippen LogP) is 1.34. The van der Waals surface area contributed by atoms with E-state index in [1.54, 1.807) is 19.1 Å². The first-order chi connectivity index (χ1) is 14.4. The van der Waals surface area contributed by atoms with Crippen LogP contribution in [0, 0.1) is 18.6 Å². The number of carbonyl (C=O) groups is 1. The average Bonchev–Trinajstić information content (AvgIpc) is 3.11. The van der Waals surface area contributed by atoms with E-state index < -0.39 is 53.8 Å².